The molecule has 0 aliphatic rings. The van der Waals surface area contributed by atoms with Gasteiger partial charge in [0.1, 0.15) is 22.8 Å². The molecule has 21 heavy (non-hydrogen) atoms. The molecule has 0 unspecified atom stereocenters. The molecule has 0 aliphatic carbocycles. The van der Waals surface area contributed by atoms with Crippen LogP contribution in [0.1, 0.15) is 28.8 Å². The first-order valence-corrected chi connectivity index (χ1v) is 6.85. The van der Waals surface area contributed by atoms with E-state index < -0.39 is 0 Å². The standard InChI is InChI=1S/C16H20N2O3/c1-4-20-14-7-5-6-13(17)15(14)16(19)18(3)10-12-9-8-11(2)21-12/h5-9H,4,10,17H2,1-3H3. The summed E-state index contributed by atoms with van der Waals surface area (Å²) < 4.78 is 11.0. The summed E-state index contributed by atoms with van der Waals surface area (Å²) in [4.78, 5) is 14.2. The third kappa shape index (κ3) is 3.37. The van der Waals surface area contributed by atoms with Crippen molar-refractivity contribution in [3.63, 3.8) is 0 Å². The fourth-order valence-electron chi connectivity index (χ4n) is 2.12. The molecular formula is C16H20N2O3. The van der Waals surface area contributed by atoms with E-state index in [0.29, 0.717) is 30.2 Å². The van der Waals surface area contributed by atoms with Gasteiger partial charge in [0, 0.05) is 12.7 Å². The Balaban J connectivity index is 2.22. The molecule has 5 heteroatoms. The van der Waals surface area contributed by atoms with Gasteiger partial charge in [-0.05, 0) is 38.1 Å². The first-order valence-electron chi connectivity index (χ1n) is 6.85. The maximum Gasteiger partial charge on any atom is 0.259 e. The molecule has 0 atom stereocenters. The molecule has 112 valence electrons. The van der Waals surface area contributed by atoms with E-state index in [9.17, 15) is 4.79 Å². The lowest BCUT2D eigenvalue weighted by molar-refractivity contribution is 0.0772. The maximum atomic E-state index is 12.6. The second-order valence-electron chi connectivity index (χ2n) is 4.83. The number of rotatable bonds is 5. The minimum absolute atomic E-state index is 0.189. The number of furan rings is 1. The quantitative estimate of drug-likeness (QED) is 0.859. The zero-order valence-electron chi connectivity index (χ0n) is 12.6. The van der Waals surface area contributed by atoms with Gasteiger partial charge in [-0.3, -0.25) is 4.79 Å². The number of carbonyl (C=O) groups is 1. The van der Waals surface area contributed by atoms with Crippen LogP contribution in [0.3, 0.4) is 0 Å². The first kappa shape index (κ1) is 15.0. The van der Waals surface area contributed by atoms with Gasteiger partial charge in [-0.2, -0.15) is 0 Å². The molecule has 0 aliphatic heterocycles. The molecule has 2 N–H and O–H groups in total. The van der Waals surface area contributed by atoms with E-state index in [1.54, 1.807) is 30.1 Å². The van der Waals surface area contributed by atoms with Crippen LogP contribution in [-0.4, -0.2) is 24.5 Å². The summed E-state index contributed by atoms with van der Waals surface area (Å²) in [6.07, 6.45) is 0. The van der Waals surface area contributed by atoms with Gasteiger partial charge in [0.05, 0.1) is 13.2 Å². The lowest BCUT2D eigenvalue weighted by Gasteiger charge is -2.19. The zero-order chi connectivity index (χ0) is 15.4. The van der Waals surface area contributed by atoms with Gasteiger partial charge < -0.3 is 19.8 Å². The van der Waals surface area contributed by atoms with Gasteiger partial charge >= 0.3 is 0 Å². The summed E-state index contributed by atoms with van der Waals surface area (Å²) in [6, 6.07) is 8.94. The van der Waals surface area contributed by atoms with Crippen molar-refractivity contribution < 1.29 is 13.9 Å². The lowest BCUT2D eigenvalue weighted by atomic mass is 10.1. The van der Waals surface area contributed by atoms with E-state index in [1.165, 1.54) is 0 Å². The summed E-state index contributed by atoms with van der Waals surface area (Å²) in [5, 5.41) is 0. The van der Waals surface area contributed by atoms with Gasteiger partial charge in [0.15, 0.2) is 0 Å². The highest BCUT2D eigenvalue weighted by molar-refractivity contribution is 6.01. The van der Waals surface area contributed by atoms with Crippen LogP contribution in [0, 0.1) is 6.92 Å². The van der Waals surface area contributed by atoms with Crippen molar-refractivity contribution in [2.45, 2.75) is 20.4 Å². The van der Waals surface area contributed by atoms with Crippen LogP contribution >= 0.6 is 0 Å². The normalized spacial score (nSPS) is 10.4. The van der Waals surface area contributed by atoms with Crippen LogP contribution < -0.4 is 10.5 Å². The number of benzene rings is 1. The summed E-state index contributed by atoms with van der Waals surface area (Å²) in [6.45, 7) is 4.60. The molecule has 2 aromatic rings. The highest BCUT2D eigenvalue weighted by atomic mass is 16.5. The molecule has 0 bridgehead atoms. The van der Waals surface area contributed by atoms with Crippen molar-refractivity contribution in [1.29, 1.82) is 0 Å². The Labute approximate surface area is 124 Å². The van der Waals surface area contributed by atoms with Crippen molar-refractivity contribution in [2.75, 3.05) is 19.4 Å². The van der Waals surface area contributed by atoms with Gasteiger partial charge in [0.25, 0.3) is 5.91 Å². The van der Waals surface area contributed by atoms with E-state index in [0.717, 1.165) is 11.5 Å². The Bertz CT molecular complexity index is 634. The average molecular weight is 288 g/mol. The minimum atomic E-state index is -0.189. The number of ether oxygens (including phenoxy) is 1. The number of anilines is 1. The maximum absolute atomic E-state index is 12.6. The smallest absolute Gasteiger partial charge is 0.259 e. The number of amides is 1. The number of carbonyl (C=O) groups excluding carboxylic acids is 1. The molecule has 1 heterocycles. The highest BCUT2D eigenvalue weighted by Gasteiger charge is 2.20. The third-order valence-electron chi connectivity index (χ3n) is 3.11. The Morgan fingerprint density at radius 2 is 2.10 bits per heavy atom. The third-order valence-corrected chi connectivity index (χ3v) is 3.11. The zero-order valence-corrected chi connectivity index (χ0v) is 12.6. The van der Waals surface area contributed by atoms with Crippen LogP contribution in [-0.2, 0) is 6.54 Å². The Hall–Kier alpha value is -2.43. The molecule has 0 saturated carbocycles. The van der Waals surface area contributed by atoms with Crippen LogP contribution in [0.2, 0.25) is 0 Å². The largest absolute Gasteiger partial charge is 0.493 e. The van der Waals surface area contributed by atoms with E-state index in [-0.39, 0.29) is 5.91 Å². The van der Waals surface area contributed by atoms with Crippen molar-refractivity contribution in [3.8, 4) is 5.75 Å². The summed E-state index contributed by atoms with van der Waals surface area (Å²) in [7, 11) is 1.71. The topological polar surface area (TPSA) is 68.7 Å². The van der Waals surface area contributed by atoms with E-state index in [2.05, 4.69) is 0 Å². The fourth-order valence-corrected chi connectivity index (χ4v) is 2.12. The monoisotopic (exact) mass is 288 g/mol. The Morgan fingerprint density at radius 3 is 2.71 bits per heavy atom. The average Bonchev–Trinajstić information content (AvgIpc) is 2.84. The van der Waals surface area contributed by atoms with E-state index in [1.807, 2.05) is 26.0 Å². The van der Waals surface area contributed by atoms with Crippen molar-refractivity contribution >= 4 is 11.6 Å². The van der Waals surface area contributed by atoms with Gasteiger partial charge in [0.2, 0.25) is 0 Å². The van der Waals surface area contributed by atoms with E-state index in [4.69, 9.17) is 14.9 Å². The molecule has 0 radical (unpaired) electrons. The number of nitrogen functional groups attached to an aromatic ring is 1. The van der Waals surface area contributed by atoms with Crippen LogP contribution in [0.5, 0.6) is 5.75 Å². The Morgan fingerprint density at radius 1 is 1.33 bits per heavy atom. The van der Waals surface area contributed by atoms with Gasteiger partial charge in [-0.1, -0.05) is 6.07 Å². The molecule has 0 saturated heterocycles. The number of nitrogens with zero attached hydrogens (tertiary/aromatic N) is 1. The van der Waals surface area contributed by atoms with Crippen LogP contribution in [0.15, 0.2) is 34.7 Å². The summed E-state index contributed by atoms with van der Waals surface area (Å²) >= 11 is 0. The van der Waals surface area contributed by atoms with Crippen molar-refractivity contribution in [3.05, 3.63) is 47.4 Å². The summed E-state index contributed by atoms with van der Waals surface area (Å²) in [5.74, 6) is 1.87. The number of nitrogens with two attached hydrogens (primary N) is 1. The summed E-state index contributed by atoms with van der Waals surface area (Å²) in [5.41, 5.74) is 6.74. The lowest BCUT2D eigenvalue weighted by Crippen LogP contribution is -2.27. The molecule has 0 fully saturated rings. The van der Waals surface area contributed by atoms with Crippen LogP contribution in [0.25, 0.3) is 0 Å². The minimum Gasteiger partial charge on any atom is -0.493 e. The Kier molecular flexibility index (Phi) is 4.52. The molecule has 5 nitrogen and oxygen atoms in total. The second kappa shape index (κ2) is 6.35. The SMILES string of the molecule is CCOc1cccc(N)c1C(=O)N(C)Cc1ccc(C)o1. The number of hydrogen-bond donors (Lipinski definition) is 1. The predicted molar refractivity (Wildman–Crippen MR) is 81.3 cm³/mol. The first-order chi connectivity index (χ1) is 10.0. The molecule has 2 rings (SSSR count). The molecule has 0 spiro atoms. The van der Waals surface area contributed by atoms with E-state index >= 15 is 0 Å². The molecule has 1 aromatic carbocycles. The predicted octanol–water partition coefficient (Wildman–Crippen LogP) is 2.84. The van der Waals surface area contributed by atoms with Crippen LogP contribution in [0.4, 0.5) is 5.69 Å². The number of aryl methyl sites for hydroxylation is 1. The molecule has 1 amide bonds. The van der Waals surface area contributed by atoms with Crippen molar-refractivity contribution in [1.82, 2.24) is 4.90 Å². The highest BCUT2D eigenvalue weighted by Crippen LogP contribution is 2.26. The fraction of sp³-hybridized carbons (Fsp3) is 0.312. The van der Waals surface area contributed by atoms with Gasteiger partial charge in [-0.15, -0.1) is 0 Å². The number of hydrogen-bond acceptors (Lipinski definition) is 4. The van der Waals surface area contributed by atoms with Crippen molar-refractivity contribution in [2.24, 2.45) is 0 Å². The molecular weight excluding hydrogens is 268 g/mol. The van der Waals surface area contributed by atoms with Gasteiger partial charge in [-0.25, -0.2) is 0 Å². The second-order valence-corrected chi connectivity index (χ2v) is 4.83. The molecule has 1 aromatic heterocycles.